The molecule has 1 aromatic heterocycles. The van der Waals surface area contributed by atoms with E-state index in [2.05, 4.69) is 27.3 Å². The molecule has 50 heavy (non-hydrogen) atoms. The van der Waals surface area contributed by atoms with Crippen LogP contribution >= 0.6 is 0 Å². The van der Waals surface area contributed by atoms with E-state index in [9.17, 15) is 14.4 Å². The van der Waals surface area contributed by atoms with Gasteiger partial charge < -0.3 is 34.5 Å². The minimum Gasteiger partial charge on any atom is -0.495 e. The van der Waals surface area contributed by atoms with Crippen molar-refractivity contribution in [3.63, 3.8) is 0 Å². The number of carboxylic acids is 1. The number of ether oxygens (including phenoxy) is 3. The highest BCUT2D eigenvalue weighted by molar-refractivity contribution is 6.06. The van der Waals surface area contributed by atoms with Gasteiger partial charge in [0, 0.05) is 34.2 Å². The SMILES string of the molecule is CCOc1ccc2c(c1)OCCn1c-2c(C2CCCCC2)c2ccc(C(=O)NC3(C(=O)Nc4ccc(/C=C/C(=O)O)cc4OC)CCC3)cc21. The minimum absolute atomic E-state index is 0.302. The number of hydrogen-bond donors (Lipinski definition) is 3. The van der Waals surface area contributed by atoms with Crippen LogP contribution in [0.25, 0.3) is 28.2 Å². The Morgan fingerprint density at radius 2 is 1.84 bits per heavy atom. The van der Waals surface area contributed by atoms with Gasteiger partial charge in [0.2, 0.25) is 5.91 Å². The Kier molecular flexibility index (Phi) is 9.27. The average Bonchev–Trinajstić information content (AvgIpc) is 3.30. The topological polar surface area (TPSA) is 128 Å². The fraction of sp³-hybridized carbons (Fsp3) is 0.375. The molecule has 260 valence electrons. The molecule has 3 aromatic carbocycles. The van der Waals surface area contributed by atoms with Crippen molar-refractivity contribution in [3.05, 3.63) is 77.4 Å². The molecule has 2 amide bonds. The van der Waals surface area contributed by atoms with Crippen LogP contribution in [0, 0.1) is 0 Å². The number of amides is 2. The van der Waals surface area contributed by atoms with Gasteiger partial charge >= 0.3 is 5.97 Å². The van der Waals surface area contributed by atoms with Crippen LogP contribution in [-0.4, -0.2) is 53.3 Å². The van der Waals surface area contributed by atoms with Gasteiger partial charge in [-0.15, -0.1) is 0 Å². The van der Waals surface area contributed by atoms with Crippen molar-refractivity contribution < 1.29 is 33.7 Å². The Balaban J connectivity index is 1.20. The number of carbonyl (C=O) groups excluding carboxylic acids is 2. The highest BCUT2D eigenvalue weighted by Crippen LogP contribution is 2.48. The third-order valence-electron chi connectivity index (χ3n) is 10.4. The monoisotopic (exact) mass is 677 g/mol. The van der Waals surface area contributed by atoms with Crippen molar-refractivity contribution >= 4 is 40.4 Å². The van der Waals surface area contributed by atoms with E-state index in [0.29, 0.717) is 61.1 Å². The van der Waals surface area contributed by atoms with E-state index in [-0.39, 0.29) is 11.8 Å². The van der Waals surface area contributed by atoms with Crippen LogP contribution in [0.3, 0.4) is 0 Å². The van der Waals surface area contributed by atoms with Gasteiger partial charge in [-0.25, -0.2) is 4.79 Å². The van der Waals surface area contributed by atoms with Gasteiger partial charge in [-0.3, -0.25) is 9.59 Å². The molecule has 0 atom stereocenters. The quantitative estimate of drug-likeness (QED) is 0.148. The summed E-state index contributed by atoms with van der Waals surface area (Å²) < 4.78 is 19.9. The van der Waals surface area contributed by atoms with E-state index in [1.165, 1.54) is 38.0 Å². The molecular weight excluding hydrogens is 634 g/mol. The van der Waals surface area contributed by atoms with Crippen LogP contribution in [0.1, 0.15) is 85.7 Å². The maximum absolute atomic E-state index is 14.0. The standard InChI is InChI=1S/C40H43N3O7/c1-3-49-28-13-15-30-33(24-28)50-21-20-43-32-23-27(12-14-29(32)36(37(30)43)26-8-5-4-6-9-26)38(46)42-40(18-7-19-40)39(47)41-31-16-10-25(11-17-35(44)45)22-34(31)48-2/h10-17,22-24,26H,3-9,18-21H2,1-2H3,(H,41,47)(H,42,46)(H,44,45)/b17-11+. The van der Waals surface area contributed by atoms with Gasteiger partial charge in [0.05, 0.1) is 31.6 Å². The fourth-order valence-electron chi connectivity index (χ4n) is 7.72. The predicted octanol–water partition coefficient (Wildman–Crippen LogP) is 7.54. The number of carboxylic acid groups (broad SMARTS) is 1. The maximum Gasteiger partial charge on any atom is 0.328 e. The summed E-state index contributed by atoms with van der Waals surface area (Å²) in [7, 11) is 1.48. The number of rotatable bonds is 10. The summed E-state index contributed by atoms with van der Waals surface area (Å²) in [5.41, 5.74) is 5.01. The van der Waals surface area contributed by atoms with Crippen molar-refractivity contribution in [1.29, 1.82) is 0 Å². The number of fused-ring (bicyclic) bond motifs is 5. The summed E-state index contributed by atoms with van der Waals surface area (Å²) in [4.78, 5) is 38.7. The Hall–Kier alpha value is -5.25. The van der Waals surface area contributed by atoms with E-state index < -0.39 is 11.5 Å². The largest absolute Gasteiger partial charge is 0.495 e. The number of benzene rings is 3. The van der Waals surface area contributed by atoms with Crippen molar-refractivity contribution in [2.24, 2.45) is 0 Å². The summed E-state index contributed by atoms with van der Waals surface area (Å²) in [6, 6.07) is 17.1. The van der Waals surface area contributed by atoms with E-state index >= 15 is 0 Å². The molecule has 4 aromatic rings. The first-order valence-corrected chi connectivity index (χ1v) is 17.6. The van der Waals surface area contributed by atoms with E-state index in [1.54, 1.807) is 18.2 Å². The lowest BCUT2D eigenvalue weighted by molar-refractivity contribution is -0.131. The first-order valence-electron chi connectivity index (χ1n) is 17.6. The lowest BCUT2D eigenvalue weighted by Crippen LogP contribution is -2.61. The maximum atomic E-state index is 14.0. The molecule has 10 heteroatoms. The summed E-state index contributed by atoms with van der Waals surface area (Å²) in [5, 5.41) is 16.2. The van der Waals surface area contributed by atoms with Gasteiger partial charge in [0.25, 0.3) is 5.91 Å². The Morgan fingerprint density at radius 1 is 1.02 bits per heavy atom. The predicted molar refractivity (Wildman–Crippen MR) is 192 cm³/mol. The van der Waals surface area contributed by atoms with Gasteiger partial charge in [0.15, 0.2) is 0 Å². The number of methoxy groups -OCH3 is 1. The first kappa shape index (κ1) is 33.3. The molecule has 2 heterocycles. The van der Waals surface area contributed by atoms with E-state index in [0.717, 1.165) is 59.0 Å². The molecule has 3 aliphatic rings. The number of anilines is 1. The van der Waals surface area contributed by atoms with Crippen molar-refractivity contribution in [3.8, 4) is 28.5 Å². The summed E-state index contributed by atoms with van der Waals surface area (Å²) >= 11 is 0. The molecule has 0 spiro atoms. The number of nitrogens with one attached hydrogen (secondary N) is 2. The number of aromatic nitrogens is 1. The smallest absolute Gasteiger partial charge is 0.328 e. The highest BCUT2D eigenvalue weighted by Gasteiger charge is 2.46. The highest BCUT2D eigenvalue weighted by atomic mass is 16.5. The van der Waals surface area contributed by atoms with E-state index in [4.69, 9.17) is 19.3 Å². The summed E-state index contributed by atoms with van der Waals surface area (Å²) in [5.74, 6) is 0.724. The van der Waals surface area contributed by atoms with Gasteiger partial charge in [-0.1, -0.05) is 31.4 Å². The number of nitrogens with zero attached hydrogens (tertiary/aromatic N) is 1. The minimum atomic E-state index is -1.06. The molecule has 0 unspecified atom stereocenters. The molecule has 2 aliphatic carbocycles. The van der Waals surface area contributed by atoms with Crippen molar-refractivity contribution in [1.82, 2.24) is 9.88 Å². The first-order chi connectivity index (χ1) is 24.3. The lowest BCUT2D eigenvalue weighted by atomic mass is 9.75. The number of aliphatic carboxylic acids is 1. The van der Waals surface area contributed by atoms with Gasteiger partial charge in [0.1, 0.15) is 29.4 Å². The van der Waals surface area contributed by atoms with Gasteiger partial charge in [-0.2, -0.15) is 0 Å². The molecule has 2 fully saturated rings. The third kappa shape index (κ3) is 6.30. The number of hydrogen-bond acceptors (Lipinski definition) is 6. The molecule has 3 N–H and O–H groups in total. The summed E-state index contributed by atoms with van der Waals surface area (Å²) in [6.45, 7) is 3.68. The zero-order valence-electron chi connectivity index (χ0n) is 28.6. The number of carbonyl (C=O) groups is 3. The van der Waals surface area contributed by atoms with Crippen LogP contribution in [0.15, 0.2) is 60.7 Å². The molecule has 0 bridgehead atoms. The molecule has 10 nitrogen and oxygen atoms in total. The molecule has 1 aliphatic heterocycles. The van der Waals surface area contributed by atoms with Crippen LogP contribution in [-0.2, 0) is 16.1 Å². The average molecular weight is 678 g/mol. The molecule has 2 saturated carbocycles. The van der Waals surface area contributed by atoms with Crippen LogP contribution in [0.4, 0.5) is 5.69 Å². The fourth-order valence-corrected chi connectivity index (χ4v) is 7.72. The normalized spacial score (nSPS) is 16.8. The van der Waals surface area contributed by atoms with Crippen LogP contribution < -0.4 is 24.8 Å². The van der Waals surface area contributed by atoms with Crippen molar-refractivity contribution in [2.45, 2.75) is 76.3 Å². The second-order valence-electron chi connectivity index (χ2n) is 13.4. The zero-order chi connectivity index (χ0) is 34.8. The van der Waals surface area contributed by atoms with Crippen molar-refractivity contribution in [2.75, 3.05) is 25.6 Å². The van der Waals surface area contributed by atoms with Crippen LogP contribution in [0.2, 0.25) is 0 Å². The zero-order valence-corrected chi connectivity index (χ0v) is 28.6. The van der Waals surface area contributed by atoms with Crippen LogP contribution in [0.5, 0.6) is 17.2 Å². The molecule has 7 rings (SSSR count). The molecule has 0 saturated heterocycles. The third-order valence-corrected chi connectivity index (χ3v) is 10.4. The Bertz CT molecular complexity index is 1980. The Labute approximate surface area is 291 Å². The second-order valence-corrected chi connectivity index (χ2v) is 13.4. The molecular formula is C40H43N3O7. The Morgan fingerprint density at radius 3 is 2.56 bits per heavy atom. The second kappa shape index (κ2) is 13.9. The van der Waals surface area contributed by atoms with E-state index in [1.807, 2.05) is 31.2 Å². The van der Waals surface area contributed by atoms with Gasteiger partial charge in [-0.05, 0) is 98.5 Å². The summed E-state index contributed by atoms with van der Waals surface area (Å²) in [6.07, 6.45) is 10.2. The lowest BCUT2D eigenvalue weighted by Gasteiger charge is -2.40. The molecule has 0 radical (unpaired) electrons.